The van der Waals surface area contributed by atoms with Crippen LogP contribution in [0.25, 0.3) is 11.3 Å². The van der Waals surface area contributed by atoms with Crippen LogP contribution in [0.2, 0.25) is 0 Å². The summed E-state index contributed by atoms with van der Waals surface area (Å²) in [6.07, 6.45) is 12.3. The number of nitrogens with one attached hydrogen (secondary N) is 1. The monoisotopic (exact) mass is 265 g/mol. The molecule has 2 heteroatoms. The number of allylic oxidation sites excluding steroid dienone is 2. The Labute approximate surface area is 119 Å². The van der Waals surface area contributed by atoms with E-state index in [0.29, 0.717) is 6.04 Å². The van der Waals surface area contributed by atoms with Crippen LogP contribution in [0.1, 0.15) is 19.3 Å². The number of rotatable bonds is 1. The summed E-state index contributed by atoms with van der Waals surface area (Å²) in [5, 5.41) is 6.20. The molecule has 2 nitrogen and oxygen atoms in total. The topological polar surface area (TPSA) is 21.3 Å². The van der Waals surface area contributed by atoms with Gasteiger partial charge in [0.2, 0.25) is 0 Å². The molecule has 0 amide bonds. The molecule has 4 rings (SSSR count). The molecule has 1 aliphatic carbocycles. The quantitative estimate of drug-likeness (QED) is 0.833. The van der Waals surface area contributed by atoms with Crippen molar-refractivity contribution in [2.45, 2.75) is 31.4 Å². The first kappa shape index (κ1) is 12.0. The third kappa shape index (κ3) is 1.92. The van der Waals surface area contributed by atoms with Crippen LogP contribution in [0.4, 0.5) is 0 Å². The molecule has 102 valence electrons. The summed E-state index contributed by atoms with van der Waals surface area (Å²) in [7, 11) is 0. The summed E-state index contributed by atoms with van der Waals surface area (Å²) in [4.78, 5) is 0. The smallest absolute Gasteiger partial charge is 0.142 e. The lowest BCUT2D eigenvalue weighted by Gasteiger charge is -2.32. The van der Waals surface area contributed by atoms with Crippen molar-refractivity contribution in [2.24, 2.45) is 0 Å². The molecule has 0 radical (unpaired) electrons. The van der Waals surface area contributed by atoms with Crippen molar-refractivity contribution in [3.05, 3.63) is 59.0 Å². The van der Waals surface area contributed by atoms with Gasteiger partial charge in [0, 0.05) is 10.8 Å². The second-order valence-electron chi connectivity index (χ2n) is 5.65. The van der Waals surface area contributed by atoms with Crippen molar-refractivity contribution < 1.29 is 4.74 Å². The number of benzene rings is 1. The Morgan fingerprint density at radius 1 is 1.05 bits per heavy atom. The van der Waals surface area contributed by atoms with Crippen molar-refractivity contribution >= 4 is 11.3 Å². The van der Waals surface area contributed by atoms with Crippen LogP contribution >= 0.6 is 0 Å². The SMILES string of the molecule is C1=CC2=c3ccccc3=C(C3CCCCN3)OC2C=C1. The molecule has 20 heavy (non-hydrogen) atoms. The number of fused-ring (bicyclic) bond motifs is 2. The van der Waals surface area contributed by atoms with E-state index < -0.39 is 0 Å². The molecule has 1 fully saturated rings. The largest absolute Gasteiger partial charge is 0.484 e. The maximum Gasteiger partial charge on any atom is 0.142 e. The lowest BCUT2D eigenvalue weighted by molar-refractivity contribution is 0.221. The normalized spacial score (nSPS) is 27.8. The van der Waals surface area contributed by atoms with E-state index in [9.17, 15) is 0 Å². The molecule has 0 spiro atoms. The van der Waals surface area contributed by atoms with E-state index in [1.165, 1.54) is 35.3 Å². The fraction of sp³-hybridized carbons (Fsp3) is 0.333. The number of hydrogen-bond donors (Lipinski definition) is 1. The first-order chi connectivity index (χ1) is 9.93. The Kier molecular flexibility index (Phi) is 2.96. The standard InChI is InChI=1S/C18H19NO/c1-2-9-15-13(7-1)14-8-3-4-11-17(14)20-18(15)16-10-5-6-12-19-16/h1-4,7-9,11,16-17,19H,5-6,10,12H2. The second kappa shape index (κ2) is 4.95. The number of hydrogen-bond acceptors (Lipinski definition) is 2. The van der Waals surface area contributed by atoms with Crippen LogP contribution in [0.5, 0.6) is 0 Å². The van der Waals surface area contributed by atoms with E-state index in [1.54, 1.807) is 0 Å². The van der Waals surface area contributed by atoms with Crippen molar-refractivity contribution in [1.29, 1.82) is 0 Å². The molecule has 0 saturated carbocycles. The van der Waals surface area contributed by atoms with Crippen LogP contribution in [-0.4, -0.2) is 18.7 Å². The zero-order valence-electron chi connectivity index (χ0n) is 11.5. The molecule has 2 heterocycles. The summed E-state index contributed by atoms with van der Waals surface area (Å²) in [6, 6.07) is 8.99. The maximum atomic E-state index is 6.34. The van der Waals surface area contributed by atoms with Crippen molar-refractivity contribution in [2.75, 3.05) is 6.54 Å². The van der Waals surface area contributed by atoms with Crippen molar-refractivity contribution in [1.82, 2.24) is 5.32 Å². The summed E-state index contributed by atoms with van der Waals surface area (Å²) in [5.41, 5.74) is 1.28. The maximum absolute atomic E-state index is 6.34. The van der Waals surface area contributed by atoms with Gasteiger partial charge in [-0.05, 0) is 30.7 Å². The van der Waals surface area contributed by atoms with Gasteiger partial charge >= 0.3 is 0 Å². The highest BCUT2D eigenvalue weighted by Crippen LogP contribution is 2.24. The third-order valence-corrected chi connectivity index (χ3v) is 4.36. The predicted octanol–water partition coefficient (Wildman–Crippen LogP) is 1.61. The molecule has 3 aliphatic rings. The number of ether oxygens (including phenoxy) is 1. The van der Waals surface area contributed by atoms with Gasteiger partial charge in [0.25, 0.3) is 0 Å². The van der Waals surface area contributed by atoms with Crippen LogP contribution in [0.3, 0.4) is 0 Å². The molecule has 2 atom stereocenters. The molecule has 1 N–H and O–H groups in total. The van der Waals surface area contributed by atoms with Gasteiger partial charge in [-0.2, -0.15) is 0 Å². The highest BCUT2D eigenvalue weighted by atomic mass is 16.5. The number of piperidine rings is 1. The van der Waals surface area contributed by atoms with E-state index in [2.05, 4.69) is 53.9 Å². The Morgan fingerprint density at radius 2 is 1.95 bits per heavy atom. The van der Waals surface area contributed by atoms with Crippen molar-refractivity contribution in [3.8, 4) is 0 Å². The zero-order valence-corrected chi connectivity index (χ0v) is 11.5. The highest BCUT2D eigenvalue weighted by molar-refractivity contribution is 5.69. The van der Waals surface area contributed by atoms with E-state index in [4.69, 9.17) is 4.74 Å². The lowest BCUT2D eigenvalue weighted by Crippen LogP contribution is -2.46. The van der Waals surface area contributed by atoms with Crippen molar-refractivity contribution in [3.63, 3.8) is 0 Å². The van der Waals surface area contributed by atoms with Gasteiger partial charge in [0.1, 0.15) is 11.9 Å². The Hall–Kier alpha value is -1.80. The minimum atomic E-state index is 0.0774. The first-order valence-electron chi connectivity index (χ1n) is 7.52. The summed E-state index contributed by atoms with van der Waals surface area (Å²) >= 11 is 0. The third-order valence-electron chi connectivity index (χ3n) is 4.36. The molecule has 0 bridgehead atoms. The van der Waals surface area contributed by atoms with Gasteiger partial charge in [0.15, 0.2) is 0 Å². The average molecular weight is 265 g/mol. The van der Waals surface area contributed by atoms with E-state index >= 15 is 0 Å². The van der Waals surface area contributed by atoms with Crippen LogP contribution in [0.15, 0.2) is 48.6 Å². The summed E-state index contributed by atoms with van der Waals surface area (Å²) in [5.74, 6) is 1.13. The van der Waals surface area contributed by atoms with Gasteiger partial charge in [0.05, 0.1) is 6.04 Å². The van der Waals surface area contributed by atoms with E-state index in [0.717, 1.165) is 12.3 Å². The lowest BCUT2D eigenvalue weighted by atomic mass is 9.94. The Bertz CT molecular complexity index is 692. The first-order valence-corrected chi connectivity index (χ1v) is 7.52. The Morgan fingerprint density at radius 3 is 2.80 bits per heavy atom. The minimum Gasteiger partial charge on any atom is -0.484 e. The van der Waals surface area contributed by atoms with Gasteiger partial charge in [-0.25, -0.2) is 0 Å². The van der Waals surface area contributed by atoms with E-state index in [-0.39, 0.29) is 6.10 Å². The van der Waals surface area contributed by atoms with Crippen LogP contribution in [-0.2, 0) is 4.74 Å². The molecule has 2 aliphatic heterocycles. The fourth-order valence-electron chi connectivity index (χ4n) is 3.36. The van der Waals surface area contributed by atoms with Gasteiger partial charge < -0.3 is 10.1 Å². The van der Waals surface area contributed by atoms with Gasteiger partial charge in [-0.3, -0.25) is 0 Å². The average Bonchev–Trinajstić information content (AvgIpc) is 2.55. The van der Waals surface area contributed by atoms with Crippen LogP contribution in [0, 0.1) is 0 Å². The highest BCUT2D eigenvalue weighted by Gasteiger charge is 2.26. The molecular weight excluding hydrogens is 246 g/mol. The molecule has 1 saturated heterocycles. The molecule has 0 aromatic heterocycles. The Balaban J connectivity index is 1.94. The summed E-state index contributed by atoms with van der Waals surface area (Å²) < 4.78 is 6.34. The predicted molar refractivity (Wildman–Crippen MR) is 81.3 cm³/mol. The summed E-state index contributed by atoms with van der Waals surface area (Å²) in [6.45, 7) is 1.09. The fourth-order valence-corrected chi connectivity index (χ4v) is 3.36. The molecule has 1 aromatic carbocycles. The van der Waals surface area contributed by atoms with Gasteiger partial charge in [-0.15, -0.1) is 0 Å². The molecular formula is C18H19NO. The second-order valence-corrected chi connectivity index (χ2v) is 5.65. The molecule has 1 aromatic rings. The minimum absolute atomic E-state index is 0.0774. The van der Waals surface area contributed by atoms with Gasteiger partial charge in [-0.1, -0.05) is 48.9 Å². The zero-order chi connectivity index (χ0) is 13.4. The molecule has 2 unspecified atom stereocenters. The van der Waals surface area contributed by atoms with E-state index in [1.807, 2.05) is 0 Å². The van der Waals surface area contributed by atoms with Crippen LogP contribution < -0.4 is 15.8 Å².